The van der Waals surface area contributed by atoms with Gasteiger partial charge in [-0.1, -0.05) is 0 Å². The van der Waals surface area contributed by atoms with Crippen LogP contribution in [0, 0.1) is 29.1 Å². The third kappa shape index (κ3) is 2.16. The second-order valence-electron chi connectivity index (χ2n) is 3.81. The normalized spacial score (nSPS) is 10.7. The Balaban J connectivity index is 2.86. The van der Waals surface area contributed by atoms with Crippen LogP contribution in [0.25, 0.3) is 11.1 Å². The number of carboxylic acid groups (broad SMARTS) is 1. The van der Waals surface area contributed by atoms with Crippen LogP contribution in [0.3, 0.4) is 0 Å². The first-order valence-electron chi connectivity index (χ1n) is 5.20. The van der Waals surface area contributed by atoms with Gasteiger partial charge < -0.3 is 10.2 Å². The van der Waals surface area contributed by atoms with Crippen molar-refractivity contribution in [2.75, 3.05) is 0 Å². The number of nitrogens with zero attached hydrogens (tertiary/aromatic N) is 1. The van der Waals surface area contributed by atoms with Crippen molar-refractivity contribution in [3.8, 4) is 16.9 Å². The molecule has 9 heteroatoms. The van der Waals surface area contributed by atoms with Crippen molar-refractivity contribution in [1.29, 1.82) is 0 Å². The molecule has 0 aliphatic rings. The van der Waals surface area contributed by atoms with Gasteiger partial charge in [-0.3, -0.25) is 0 Å². The molecular formula is C12H4F5NO3. The number of rotatable bonds is 2. The largest absolute Gasteiger partial charge is 0.505 e. The molecular weight excluding hydrogens is 301 g/mol. The Morgan fingerprint density at radius 2 is 1.43 bits per heavy atom. The van der Waals surface area contributed by atoms with E-state index in [9.17, 15) is 31.9 Å². The predicted octanol–water partition coefficient (Wildman–Crippen LogP) is 2.85. The molecule has 0 aliphatic heterocycles. The maximum Gasteiger partial charge on any atom is 0.358 e. The lowest BCUT2D eigenvalue weighted by Crippen LogP contribution is -2.06. The first-order chi connectivity index (χ1) is 9.77. The molecule has 21 heavy (non-hydrogen) atoms. The number of carbonyl (C=O) groups is 1. The van der Waals surface area contributed by atoms with E-state index in [4.69, 9.17) is 5.11 Å². The van der Waals surface area contributed by atoms with E-state index in [1.54, 1.807) is 0 Å². The van der Waals surface area contributed by atoms with E-state index in [-0.39, 0.29) is 0 Å². The molecule has 0 bridgehead atoms. The van der Waals surface area contributed by atoms with Gasteiger partial charge in [-0.25, -0.2) is 31.7 Å². The van der Waals surface area contributed by atoms with E-state index in [1.807, 2.05) is 0 Å². The zero-order chi connectivity index (χ0) is 15.9. The van der Waals surface area contributed by atoms with Crippen molar-refractivity contribution in [1.82, 2.24) is 4.98 Å². The smallest absolute Gasteiger partial charge is 0.358 e. The number of hydrogen-bond acceptors (Lipinski definition) is 3. The van der Waals surface area contributed by atoms with Crippen LogP contribution in [0.5, 0.6) is 5.75 Å². The maximum absolute atomic E-state index is 13.6. The number of carboxylic acids is 1. The lowest BCUT2D eigenvalue weighted by molar-refractivity contribution is 0.0687. The van der Waals surface area contributed by atoms with Crippen LogP contribution < -0.4 is 0 Å². The van der Waals surface area contributed by atoms with Gasteiger partial charge >= 0.3 is 5.97 Å². The fraction of sp³-hybridized carbons (Fsp3) is 0. The van der Waals surface area contributed by atoms with Crippen molar-refractivity contribution < 1.29 is 37.0 Å². The Labute approximate surface area is 113 Å². The predicted molar refractivity (Wildman–Crippen MR) is 58.1 cm³/mol. The molecule has 0 saturated carbocycles. The molecule has 0 radical (unpaired) electrons. The molecule has 0 fully saturated rings. The molecule has 0 spiro atoms. The van der Waals surface area contributed by atoms with Crippen LogP contribution in [-0.4, -0.2) is 21.2 Å². The molecule has 0 aliphatic carbocycles. The summed E-state index contributed by atoms with van der Waals surface area (Å²) in [6, 6.07) is 0.722. The highest BCUT2D eigenvalue weighted by Gasteiger charge is 2.29. The Hall–Kier alpha value is -2.71. The molecule has 2 aromatic rings. The summed E-state index contributed by atoms with van der Waals surface area (Å²) in [5.41, 5.74) is -3.31. The fourth-order valence-electron chi connectivity index (χ4n) is 1.65. The molecule has 0 amide bonds. The number of aromatic carboxylic acids is 1. The van der Waals surface area contributed by atoms with E-state index < -0.39 is 57.6 Å². The number of aromatic nitrogens is 1. The topological polar surface area (TPSA) is 70.4 Å². The SMILES string of the molecule is O=C(O)c1nccc(-c2c(F)c(F)c(F)c(F)c2F)c1O. The summed E-state index contributed by atoms with van der Waals surface area (Å²) in [6.45, 7) is 0. The van der Waals surface area contributed by atoms with Crippen LogP contribution in [0.15, 0.2) is 12.3 Å². The molecule has 0 saturated heterocycles. The number of pyridine rings is 1. The molecule has 1 aromatic heterocycles. The summed E-state index contributed by atoms with van der Waals surface area (Å²) in [4.78, 5) is 14.0. The number of aromatic hydroxyl groups is 1. The summed E-state index contributed by atoms with van der Waals surface area (Å²) in [5.74, 6) is -14.1. The minimum atomic E-state index is -2.36. The van der Waals surface area contributed by atoms with Crippen molar-refractivity contribution in [2.45, 2.75) is 0 Å². The zero-order valence-electron chi connectivity index (χ0n) is 9.79. The molecule has 2 rings (SSSR count). The van der Waals surface area contributed by atoms with E-state index in [2.05, 4.69) is 4.98 Å². The molecule has 0 atom stereocenters. The van der Waals surface area contributed by atoms with Gasteiger partial charge in [-0.2, -0.15) is 0 Å². The van der Waals surface area contributed by atoms with E-state index in [0.29, 0.717) is 0 Å². The Morgan fingerprint density at radius 3 is 1.90 bits per heavy atom. The van der Waals surface area contributed by atoms with Gasteiger partial charge in [0.1, 0.15) is 0 Å². The van der Waals surface area contributed by atoms with Crippen molar-refractivity contribution in [3.63, 3.8) is 0 Å². The number of benzene rings is 1. The molecule has 0 unspecified atom stereocenters. The molecule has 2 N–H and O–H groups in total. The third-order valence-corrected chi connectivity index (χ3v) is 2.61. The van der Waals surface area contributed by atoms with E-state index in [1.165, 1.54) is 0 Å². The first kappa shape index (κ1) is 14.7. The molecule has 110 valence electrons. The van der Waals surface area contributed by atoms with Crippen LogP contribution >= 0.6 is 0 Å². The van der Waals surface area contributed by atoms with Crippen LogP contribution in [0.4, 0.5) is 22.0 Å². The Bertz CT molecular complexity index is 734. The minimum Gasteiger partial charge on any atom is -0.505 e. The second kappa shape index (κ2) is 5.00. The minimum absolute atomic E-state index is 0.722. The van der Waals surface area contributed by atoms with Gasteiger partial charge in [0.15, 0.2) is 34.7 Å². The van der Waals surface area contributed by atoms with Crippen LogP contribution in [-0.2, 0) is 0 Å². The fourth-order valence-corrected chi connectivity index (χ4v) is 1.65. The number of hydrogen-bond donors (Lipinski definition) is 2. The third-order valence-electron chi connectivity index (χ3n) is 2.61. The lowest BCUT2D eigenvalue weighted by Gasteiger charge is -2.10. The zero-order valence-corrected chi connectivity index (χ0v) is 9.79. The van der Waals surface area contributed by atoms with Gasteiger partial charge in [-0.05, 0) is 6.07 Å². The van der Waals surface area contributed by atoms with Crippen LogP contribution in [0.2, 0.25) is 0 Å². The quantitative estimate of drug-likeness (QED) is 0.508. The summed E-state index contributed by atoms with van der Waals surface area (Å²) in [7, 11) is 0. The highest BCUT2D eigenvalue weighted by molar-refractivity contribution is 5.92. The van der Waals surface area contributed by atoms with Gasteiger partial charge in [-0.15, -0.1) is 0 Å². The van der Waals surface area contributed by atoms with Crippen LogP contribution in [0.1, 0.15) is 10.5 Å². The van der Waals surface area contributed by atoms with Crippen molar-refractivity contribution in [3.05, 3.63) is 47.0 Å². The molecule has 4 nitrogen and oxygen atoms in total. The average Bonchev–Trinajstić information content (AvgIpc) is 2.44. The molecule has 1 heterocycles. The standard InChI is InChI=1S/C12H4F5NO3/c13-5-4(6(14)8(16)9(17)7(5)15)3-1-2-18-10(11(3)19)12(20)21/h1-2,19H,(H,20,21). The number of halogens is 5. The summed E-state index contributed by atoms with van der Waals surface area (Å²) < 4.78 is 66.3. The van der Waals surface area contributed by atoms with E-state index >= 15 is 0 Å². The maximum atomic E-state index is 13.6. The summed E-state index contributed by atoms with van der Waals surface area (Å²) >= 11 is 0. The highest BCUT2D eigenvalue weighted by Crippen LogP contribution is 2.37. The first-order valence-corrected chi connectivity index (χ1v) is 5.20. The highest BCUT2D eigenvalue weighted by atomic mass is 19.2. The van der Waals surface area contributed by atoms with Gasteiger partial charge in [0.2, 0.25) is 5.82 Å². The van der Waals surface area contributed by atoms with Gasteiger partial charge in [0.25, 0.3) is 0 Å². The molecule has 1 aromatic carbocycles. The Morgan fingerprint density at radius 1 is 0.952 bits per heavy atom. The van der Waals surface area contributed by atoms with Gasteiger partial charge in [0.05, 0.1) is 5.56 Å². The summed E-state index contributed by atoms with van der Waals surface area (Å²) in [5, 5.41) is 18.3. The lowest BCUT2D eigenvalue weighted by atomic mass is 10.0. The van der Waals surface area contributed by atoms with Crippen molar-refractivity contribution >= 4 is 5.97 Å². The van der Waals surface area contributed by atoms with E-state index in [0.717, 1.165) is 12.3 Å². The Kier molecular flexibility index (Phi) is 3.50. The summed E-state index contributed by atoms with van der Waals surface area (Å²) in [6.07, 6.45) is 0.747. The average molecular weight is 305 g/mol. The van der Waals surface area contributed by atoms with Gasteiger partial charge in [0, 0.05) is 11.8 Å². The van der Waals surface area contributed by atoms with Crippen molar-refractivity contribution in [2.24, 2.45) is 0 Å². The monoisotopic (exact) mass is 305 g/mol. The second-order valence-corrected chi connectivity index (χ2v) is 3.81.